The van der Waals surface area contributed by atoms with Crippen LogP contribution in [0.25, 0.3) is 11.1 Å². The maximum absolute atomic E-state index is 15.7. The van der Waals surface area contributed by atoms with Gasteiger partial charge in [0, 0.05) is 35.0 Å². The molecule has 0 bridgehead atoms. The molecule has 1 amide bonds. The first-order valence-corrected chi connectivity index (χ1v) is 14.8. The number of aliphatic carboxylic acids is 1. The molecule has 1 unspecified atom stereocenters. The fourth-order valence-electron chi connectivity index (χ4n) is 5.31. The zero-order valence-corrected chi connectivity index (χ0v) is 26.8. The maximum Gasteiger partial charge on any atom is 0.416 e. The highest BCUT2D eigenvalue weighted by molar-refractivity contribution is 6.33. The van der Waals surface area contributed by atoms with Crippen molar-refractivity contribution in [2.45, 2.75) is 65.2 Å². The van der Waals surface area contributed by atoms with Crippen molar-refractivity contribution >= 4 is 23.5 Å². The van der Waals surface area contributed by atoms with Gasteiger partial charge in [-0.2, -0.15) is 13.2 Å². The number of carboxylic acid groups (broad SMARTS) is 1. The van der Waals surface area contributed by atoms with E-state index in [4.69, 9.17) is 11.6 Å². The van der Waals surface area contributed by atoms with Gasteiger partial charge in [-0.1, -0.05) is 37.6 Å². The molecule has 45 heavy (non-hydrogen) atoms. The summed E-state index contributed by atoms with van der Waals surface area (Å²) in [5.41, 5.74) is -0.273. The molecule has 7 nitrogen and oxygen atoms in total. The Morgan fingerprint density at radius 3 is 2.31 bits per heavy atom. The number of carbonyl (C=O) groups excluding carboxylic acids is 1. The molecule has 0 radical (unpaired) electrons. The fourth-order valence-corrected chi connectivity index (χ4v) is 5.64. The molecule has 0 aliphatic carbocycles. The second kappa shape index (κ2) is 14.6. The molecule has 0 spiro atoms. The van der Waals surface area contributed by atoms with E-state index in [-0.39, 0.29) is 42.0 Å². The van der Waals surface area contributed by atoms with Gasteiger partial charge in [0.05, 0.1) is 18.0 Å². The van der Waals surface area contributed by atoms with Crippen LogP contribution in [-0.4, -0.2) is 47.1 Å². The number of nitrogens with zero attached hydrogens (tertiary/aromatic N) is 2. The molecule has 2 atom stereocenters. The molecule has 0 fully saturated rings. The first kappa shape index (κ1) is 35.8. The number of amides is 1. The van der Waals surface area contributed by atoms with Gasteiger partial charge in [0.25, 0.3) is 5.56 Å². The minimum Gasteiger partial charge on any atom is -0.481 e. The zero-order valence-electron chi connectivity index (χ0n) is 26.1. The lowest BCUT2D eigenvalue weighted by molar-refractivity contribution is -0.139. The summed E-state index contributed by atoms with van der Waals surface area (Å²) < 4.78 is 58.2. The Kier molecular flexibility index (Phi) is 11.6. The summed E-state index contributed by atoms with van der Waals surface area (Å²) in [6.45, 7) is 7.13. The number of pyridine rings is 1. The highest BCUT2D eigenvalue weighted by atomic mass is 35.5. The van der Waals surface area contributed by atoms with Gasteiger partial charge in [-0.3, -0.25) is 14.4 Å². The topological polar surface area (TPSA) is 91.6 Å². The number of likely N-dealkylation sites (N-methyl/N-ethyl adjacent to an activating group) is 1. The molecule has 244 valence electrons. The third-order valence-corrected chi connectivity index (χ3v) is 7.81. The predicted molar refractivity (Wildman–Crippen MR) is 166 cm³/mol. The van der Waals surface area contributed by atoms with Gasteiger partial charge in [-0.05, 0) is 87.2 Å². The van der Waals surface area contributed by atoms with Gasteiger partial charge < -0.3 is 19.9 Å². The van der Waals surface area contributed by atoms with E-state index in [2.05, 4.69) is 5.32 Å². The number of aryl methyl sites for hydroxylation is 2. The quantitative estimate of drug-likeness (QED) is 0.207. The molecule has 0 aliphatic rings. The van der Waals surface area contributed by atoms with Gasteiger partial charge in [0.15, 0.2) is 0 Å². The first-order valence-electron chi connectivity index (χ1n) is 14.4. The number of benzene rings is 2. The Morgan fingerprint density at radius 1 is 1.09 bits per heavy atom. The lowest BCUT2D eigenvalue weighted by atomic mass is 9.92. The van der Waals surface area contributed by atoms with Crippen molar-refractivity contribution in [2.75, 3.05) is 20.6 Å². The minimum absolute atomic E-state index is 0.0431. The Morgan fingerprint density at radius 2 is 1.76 bits per heavy atom. The molecule has 0 saturated carbocycles. The highest BCUT2D eigenvalue weighted by Gasteiger charge is 2.36. The molecular formula is C33H38ClF4N3O4. The minimum atomic E-state index is -4.79. The van der Waals surface area contributed by atoms with Crippen LogP contribution in [0.1, 0.15) is 66.6 Å². The zero-order chi connectivity index (χ0) is 33.8. The molecule has 1 heterocycles. The lowest BCUT2D eigenvalue weighted by Gasteiger charge is -2.27. The van der Waals surface area contributed by atoms with Crippen LogP contribution in [0, 0.1) is 25.6 Å². The monoisotopic (exact) mass is 651 g/mol. The van der Waals surface area contributed by atoms with Crippen molar-refractivity contribution in [2.24, 2.45) is 5.92 Å². The second-order valence-electron chi connectivity index (χ2n) is 11.9. The number of nitrogens with one attached hydrogen (secondary N) is 1. The number of hydrogen-bond acceptors (Lipinski definition) is 4. The van der Waals surface area contributed by atoms with E-state index in [9.17, 15) is 32.7 Å². The van der Waals surface area contributed by atoms with E-state index in [1.165, 1.54) is 13.0 Å². The molecule has 0 saturated heterocycles. The van der Waals surface area contributed by atoms with Crippen LogP contribution in [0.15, 0.2) is 47.4 Å². The summed E-state index contributed by atoms with van der Waals surface area (Å²) in [6.07, 6.45) is -4.43. The van der Waals surface area contributed by atoms with Crippen LogP contribution in [0.5, 0.6) is 0 Å². The lowest BCUT2D eigenvalue weighted by Crippen LogP contribution is -2.41. The molecular weight excluding hydrogens is 614 g/mol. The van der Waals surface area contributed by atoms with E-state index in [1.54, 1.807) is 51.0 Å². The second-order valence-corrected chi connectivity index (χ2v) is 12.3. The van der Waals surface area contributed by atoms with E-state index in [0.717, 1.165) is 16.3 Å². The number of hydrogen-bond donors (Lipinski definition) is 2. The Balaban J connectivity index is 2.14. The summed E-state index contributed by atoms with van der Waals surface area (Å²) in [5, 5.41) is 12.7. The van der Waals surface area contributed by atoms with Gasteiger partial charge in [0.1, 0.15) is 11.9 Å². The number of alkyl halides is 3. The largest absolute Gasteiger partial charge is 0.481 e. The first-order chi connectivity index (χ1) is 20.9. The third kappa shape index (κ3) is 8.94. The van der Waals surface area contributed by atoms with Crippen molar-refractivity contribution in [3.05, 3.63) is 91.6 Å². The van der Waals surface area contributed by atoms with Crippen molar-refractivity contribution in [3.63, 3.8) is 0 Å². The SMILES string of the molecule is Cc1cc(-c2c(C)cccc2Cl)cc([C@H](CC(=O)O)NC(=O)C(CC(C)C)n2cc(CCN(C)C)c(C(F)(F)F)cc2=O)c1F. The standard InChI is InChI=1S/C33H38ClF4N3O4/c1-18(2)12-27(41-17-21(10-11-40(5)6)24(15-28(41)42)33(36,37)38)32(45)39-26(16-29(43)44)23-14-22(13-20(4)31(23)35)30-19(3)8-7-9-25(30)34/h7-9,13-15,17-18,26-27H,10-12,16H2,1-6H3,(H,39,45)(H,43,44)/t26-,27?/m0/s1. The van der Waals surface area contributed by atoms with E-state index in [1.807, 2.05) is 13.0 Å². The molecule has 1 aromatic heterocycles. The van der Waals surface area contributed by atoms with Crippen molar-refractivity contribution < 1.29 is 32.3 Å². The summed E-state index contributed by atoms with van der Waals surface area (Å²) >= 11 is 6.46. The number of aromatic nitrogens is 1. The summed E-state index contributed by atoms with van der Waals surface area (Å²) in [7, 11) is 3.40. The number of rotatable bonds is 12. The van der Waals surface area contributed by atoms with Crippen LogP contribution in [0.2, 0.25) is 5.02 Å². The van der Waals surface area contributed by atoms with Crippen molar-refractivity contribution in [1.82, 2.24) is 14.8 Å². The molecule has 12 heteroatoms. The van der Waals surface area contributed by atoms with Crippen LogP contribution < -0.4 is 10.9 Å². The smallest absolute Gasteiger partial charge is 0.416 e. The van der Waals surface area contributed by atoms with Crippen LogP contribution in [0.3, 0.4) is 0 Å². The molecule has 2 N–H and O–H groups in total. The maximum atomic E-state index is 15.7. The Bertz CT molecular complexity index is 1600. The molecule has 3 rings (SSSR count). The third-order valence-electron chi connectivity index (χ3n) is 7.49. The van der Waals surface area contributed by atoms with Gasteiger partial charge >= 0.3 is 12.1 Å². The number of halogens is 5. The van der Waals surface area contributed by atoms with Gasteiger partial charge in [0.2, 0.25) is 5.91 Å². The number of carbonyl (C=O) groups is 2. The van der Waals surface area contributed by atoms with Gasteiger partial charge in [-0.25, -0.2) is 4.39 Å². The fraction of sp³-hybridized carbons (Fsp3) is 0.424. The van der Waals surface area contributed by atoms with E-state index < -0.39 is 53.5 Å². The van der Waals surface area contributed by atoms with Crippen molar-refractivity contribution in [3.8, 4) is 11.1 Å². The average molecular weight is 652 g/mol. The molecule has 0 aliphatic heterocycles. The Labute approximate surface area is 264 Å². The van der Waals surface area contributed by atoms with Crippen LogP contribution >= 0.6 is 11.6 Å². The molecule has 3 aromatic rings. The Hall–Kier alpha value is -3.70. The summed E-state index contributed by atoms with van der Waals surface area (Å²) in [6, 6.07) is 6.08. The predicted octanol–water partition coefficient (Wildman–Crippen LogP) is 6.97. The highest BCUT2D eigenvalue weighted by Crippen LogP contribution is 2.36. The average Bonchev–Trinajstić information content (AvgIpc) is 2.91. The van der Waals surface area contributed by atoms with Crippen molar-refractivity contribution in [1.29, 1.82) is 0 Å². The summed E-state index contributed by atoms with van der Waals surface area (Å²) in [5.74, 6) is -3.07. The molecule has 2 aromatic carbocycles. The van der Waals surface area contributed by atoms with Crippen LogP contribution in [-0.2, 0) is 22.2 Å². The van der Waals surface area contributed by atoms with E-state index in [0.29, 0.717) is 22.2 Å². The number of carboxylic acids is 1. The summed E-state index contributed by atoms with van der Waals surface area (Å²) in [4.78, 5) is 40.6. The van der Waals surface area contributed by atoms with Crippen LogP contribution in [0.4, 0.5) is 17.6 Å². The van der Waals surface area contributed by atoms with E-state index >= 15 is 4.39 Å². The van der Waals surface area contributed by atoms with Gasteiger partial charge in [-0.15, -0.1) is 0 Å². The normalized spacial score (nSPS) is 13.3.